The van der Waals surface area contributed by atoms with Gasteiger partial charge in [0.2, 0.25) is 0 Å². The number of hydrogen-bond acceptors (Lipinski definition) is 6. The summed E-state index contributed by atoms with van der Waals surface area (Å²) < 4.78 is 14.5. The summed E-state index contributed by atoms with van der Waals surface area (Å²) in [6, 6.07) is 11.2. The van der Waals surface area contributed by atoms with Crippen molar-refractivity contribution < 1.29 is 14.3 Å². The fraction of sp³-hybridized carbons (Fsp3) is 0.423. The first-order chi connectivity index (χ1) is 17.0. The Hall–Kier alpha value is -3.59. The Morgan fingerprint density at radius 2 is 1.91 bits per heavy atom. The molecule has 35 heavy (non-hydrogen) atoms. The Morgan fingerprint density at radius 1 is 1.11 bits per heavy atom. The number of aromatic nitrogens is 3. The lowest BCUT2D eigenvalue weighted by Crippen LogP contribution is -2.36. The van der Waals surface area contributed by atoms with E-state index < -0.39 is 0 Å². The Labute approximate surface area is 205 Å². The number of nitrogens with zero attached hydrogens (tertiary/aromatic N) is 4. The maximum Gasteiger partial charge on any atom is 0.257 e. The van der Waals surface area contributed by atoms with E-state index in [1.807, 2.05) is 41.2 Å². The zero-order chi connectivity index (χ0) is 24.8. The highest BCUT2D eigenvalue weighted by molar-refractivity contribution is 5.98. The standard InChI is InChI=1S/C26H33N5O4/c1-19(9-14-30-12-6-11-28-30)29-13-10-21-25(23(35-3)17-24(32)31(21)16-15-29)26(33)27-18-20-7-4-5-8-22(20)34-2/h4-8,11-12,17,19H,9-10,13-16,18H2,1-3H3,(H,27,33)/t19-/m0/s1. The molecule has 0 fully saturated rings. The summed E-state index contributed by atoms with van der Waals surface area (Å²) in [5, 5.41) is 7.27. The van der Waals surface area contributed by atoms with Gasteiger partial charge in [-0.1, -0.05) is 18.2 Å². The van der Waals surface area contributed by atoms with Crippen LogP contribution in [0.3, 0.4) is 0 Å². The van der Waals surface area contributed by atoms with E-state index >= 15 is 0 Å². The molecule has 0 radical (unpaired) electrons. The van der Waals surface area contributed by atoms with Crippen molar-refractivity contribution in [3.05, 3.63) is 76.0 Å². The van der Waals surface area contributed by atoms with Crippen LogP contribution in [0, 0.1) is 0 Å². The molecular formula is C26H33N5O4. The minimum Gasteiger partial charge on any atom is -0.496 e. The molecule has 0 saturated heterocycles. The lowest BCUT2D eigenvalue weighted by Gasteiger charge is -2.27. The van der Waals surface area contributed by atoms with Crippen LogP contribution in [0.25, 0.3) is 0 Å². The first-order valence-electron chi connectivity index (χ1n) is 11.9. The van der Waals surface area contributed by atoms with E-state index in [1.165, 1.54) is 13.2 Å². The SMILES string of the molecule is COc1ccccc1CNC(=O)c1c(OC)cc(=O)n2c1CCN([C@@H](C)CCn1cccn1)CC2. The number of pyridine rings is 1. The minimum atomic E-state index is -0.267. The molecule has 1 aromatic carbocycles. The molecule has 186 valence electrons. The quantitative estimate of drug-likeness (QED) is 0.507. The summed E-state index contributed by atoms with van der Waals surface area (Å²) in [6.45, 7) is 5.35. The van der Waals surface area contributed by atoms with Crippen molar-refractivity contribution in [2.24, 2.45) is 0 Å². The molecule has 0 unspecified atom stereocenters. The lowest BCUT2D eigenvalue weighted by molar-refractivity contribution is 0.0945. The van der Waals surface area contributed by atoms with E-state index in [1.54, 1.807) is 17.9 Å². The first-order valence-corrected chi connectivity index (χ1v) is 11.9. The number of amides is 1. The predicted octanol–water partition coefficient (Wildman–Crippen LogP) is 2.33. The zero-order valence-electron chi connectivity index (χ0n) is 20.6. The number of ether oxygens (including phenoxy) is 2. The smallest absolute Gasteiger partial charge is 0.257 e. The number of methoxy groups -OCH3 is 2. The van der Waals surface area contributed by atoms with Crippen LogP contribution in [-0.2, 0) is 26.1 Å². The highest BCUT2D eigenvalue weighted by Crippen LogP contribution is 2.24. The molecule has 4 rings (SSSR count). The van der Waals surface area contributed by atoms with Gasteiger partial charge in [0.1, 0.15) is 17.1 Å². The van der Waals surface area contributed by atoms with Crippen molar-refractivity contribution in [1.82, 2.24) is 24.6 Å². The van der Waals surface area contributed by atoms with Gasteiger partial charge in [-0.05, 0) is 25.5 Å². The molecule has 9 heteroatoms. The van der Waals surface area contributed by atoms with Gasteiger partial charge in [-0.25, -0.2) is 0 Å². The van der Waals surface area contributed by atoms with Crippen LogP contribution in [0.5, 0.6) is 11.5 Å². The van der Waals surface area contributed by atoms with Gasteiger partial charge in [0.05, 0.1) is 14.2 Å². The van der Waals surface area contributed by atoms with Crippen LogP contribution in [-0.4, -0.2) is 58.5 Å². The third-order valence-electron chi connectivity index (χ3n) is 6.67. The Morgan fingerprint density at radius 3 is 2.66 bits per heavy atom. The number of hydrogen-bond donors (Lipinski definition) is 1. The fourth-order valence-electron chi connectivity index (χ4n) is 4.66. The van der Waals surface area contributed by atoms with Crippen molar-refractivity contribution in [2.45, 2.75) is 45.4 Å². The van der Waals surface area contributed by atoms with Crippen LogP contribution < -0.4 is 20.3 Å². The number of aryl methyl sites for hydroxylation is 1. The molecule has 2 aromatic heterocycles. The van der Waals surface area contributed by atoms with Crippen molar-refractivity contribution in [3.8, 4) is 11.5 Å². The molecule has 1 aliphatic heterocycles. The van der Waals surface area contributed by atoms with Crippen LogP contribution >= 0.6 is 0 Å². The number of benzene rings is 1. The molecule has 0 aliphatic carbocycles. The van der Waals surface area contributed by atoms with E-state index in [-0.39, 0.29) is 11.5 Å². The summed E-state index contributed by atoms with van der Waals surface area (Å²) in [7, 11) is 3.10. The minimum absolute atomic E-state index is 0.149. The highest BCUT2D eigenvalue weighted by atomic mass is 16.5. The first kappa shape index (κ1) is 24.5. The topological polar surface area (TPSA) is 90.6 Å². The van der Waals surface area contributed by atoms with Gasteiger partial charge in [0, 0.05) is 74.9 Å². The number of carbonyl (C=O) groups is 1. The van der Waals surface area contributed by atoms with Gasteiger partial charge in [0.15, 0.2) is 0 Å². The normalized spacial score (nSPS) is 14.6. The summed E-state index contributed by atoms with van der Waals surface area (Å²) in [6.07, 6.45) is 5.28. The molecular weight excluding hydrogens is 446 g/mol. The Balaban J connectivity index is 1.52. The van der Waals surface area contributed by atoms with Crippen molar-refractivity contribution in [3.63, 3.8) is 0 Å². The number of carbonyl (C=O) groups excluding carboxylic acids is 1. The summed E-state index contributed by atoms with van der Waals surface area (Å²) in [5.74, 6) is 0.748. The second kappa shape index (κ2) is 11.2. The van der Waals surface area contributed by atoms with Gasteiger partial charge < -0.3 is 19.4 Å². The van der Waals surface area contributed by atoms with Gasteiger partial charge in [-0.3, -0.25) is 19.2 Å². The van der Waals surface area contributed by atoms with Crippen molar-refractivity contribution in [1.29, 1.82) is 0 Å². The predicted molar refractivity (Wildman–Crippen MR) is 133 cm³/mol. The molecule has 0 saturated carbocycles. The summed E-state index contributed by atoms with van der Waals surface area (Å²) >= 11 is 0. The Bertz CT molecular complexity index is 1200. The van der Waals surface area contributed by atoms with Crippen LogP contribution in [0.4, 0.5) is 0 Å². The number of para-hydroxylation sites is 1. The Kier molecular flexibility index (Phi) is 7.87. The third kappa shape index (κ3) is 5.57. The number of fused-ring (bicyclic) bond motifs is 1. The van der Waals surface area contributed by atoms with Gasteiger partial charge in [-0.2, -0.15) is 5.10 Å². The average molecular weight is 480 g/mol. The molecule has 0 bridgehead atoms. The molecule has 1 N–H and O–H groups in total. The maximum atomic E-state index is 13.4. The van der Waals surface area contributed by atoms with Gasteiger partial charge in [-0.15, -0.1) is 0 Å². The largest absolute Gasteiger partial charge is 0.496 e. The highest BCUT2D eigenvalue weighted by Gasteiger charge is 2.26. The van der Waals surface area contributed by atoms with E-state index in [2.05, 4.69) is 22.2 Å². The van der Waals surface area contributed by atoms with Crippen molar-refractivity contribution in [2.75, 3.05) is 27.3 Å². The number of rotatable bonds is 9. The monoisotopic (exact) mass is 479 g/mol. The zero-order valence-corrected chi connectivity index (χ0v) is 20.6. The van der Waals surface area contributed by atoms with E-state index in [0.29, 0.717) is 48.3 Å². The molecule has 3 aromatic rings. The van der Waals surface area contributed by atoms with Gasteiger partial charge in [0.25, 0.3) is 11.5 Å². The van der Waals surface area contributed by atoms with Gasteiger partial charge >= 0.3 is 0 Å². The van der Waals surface area contributed by atoms with Crippen LogP contribution in [0.2, 0.25) is 0 Å². The van der Waals surface area contributed by atoms with Crippen LogP contribution in [0.15, 0.2) is 53.6 Å². The fourth-order valence-corrected chi connectivity index (χ4v) is 4.66. The number of nitrogens with one attached hydrogen (secondary N) is 1. The van der Waals surface area contributed by atoms with Crippen molar-refractivity contribution >= 4 is 5.91 Å². The molecule has 9 nitrogen and oxygen atoms in total. The second-order valence-electron chi connectivity index (χ2n) is 8.71. The molecule has 1 aliphatic rings. The van der Waals surface area contributed by atoms with E-state index in [9.17, 15) is 9.59 Å². The average Bonchev–Trinajstić information content (AvgIpc) is 3.30. The molecule has 3 heterocycles. The van der Waals surface area contributed by atoms with E-state index in [0.717, 1.165) is 31.6 Å². The molecule has 0 spiro atoms. The molecule has 1 atom stereocenters. The van der Waals surface area contributed by atoms with Crippen LogP contribution in [0.1, 0.15) is 35.0 Å². The van der Waals surface area contributed by atoms with E-state index in [4.69, 9.17) is 9.47 Å². The lowest BCUT2D eigenvalue weighted by atomic mass is 10.1. The second-order valence-corrected chi connectivity index (χ2v) is 8.71. The molecule has 1 amide bonds. The summed E-state index contributed by atoms with van der Waals surface area (Å²) in [4.78, 5) is 28.6. The third-order valence-corrected chi connectivity index (χ3v) is 6.67. The maximum absolute atomic E-state index is 13.4. The summed E-state index contributed by atoms with van der Waals surface area (Å²) in [5.41, 5.74) is 1.87.